The van der Waals surface area contributed by atoms with Gasteiger partial charge in [-0.3, -0.25) is 9.59 Å². The maximum absolute atomic E-state index is 12.3. The van der Waals surface area contributed by atoms with Gasteiger partial charge in [0.2, 0.25) is 5.91 Å². The van der Waals surface area contributed by atoms with Crippen LogP contribution in [0.2, 0.25) is 0 Å². The van der Waals surface area contributed by atoms with Crippen molar-refractivity contribution < 1.29 is 9.59 Å². The second-order valence-corrected chi connectivity index (χ2v) is 6.57. The molecular weight excluding hydrogens is 368 g/mol. The Morgan fingerprint density at radius 1 is 0.793 bits per heavy atom. The van der Waals surface area contributed by atoms with Gasteiger partial charge in [-0.15, -0.1) is 0 Å². The summed E-state index contributed by atoms with van der Waals surface area (Å²) in [5, 5.41) is 8.56. The van der Waals surface area contributed by atoms with E-state index in [-0.39, 0.29) is 17.5 Å². The van der Waals surface area contributed by atoms with Crippen molar-refractivity contribution in [3.63, 3.8) is 0 Å². The predicted octanol–water partition coefficient (Wildman–Crippen LogP) is 3.50. The molecule has 0 saturated carbocycles. The summed E-state index contributed by atoms with van der Waals surface area (Å²) in [6.07, 6.45) is 2.92. The number of benzene rings is 2. The van der Waals surface area contributed by atoms with Crippen molar-refractivity contribution in [1.29, 1.82) is 0 Å². The molecule has 2 amide bonds. The van der Waals surface area contributed by atoms with E-state index in [4.69, 9.17) is 0 Å². The first kappa shape index (κ1) is 19.8. The summed E-state index contributed by atoms with van der Waals surface area (Å²) in [4.78, 5) is 33.8. The Balaban J connectivity index is 1.60. The van der Waals surface area contributed by atoms with Crippen molar-refractivity contribution in [2.24, 2.45) is 0 Å². The van der Waals surface area contributed by atoms with E-state index in [2.05, 4.69) is 25.9 Å². The number of nitrogens with zero attached hydrogens (tertiary/aromatic N) is 3. The fraction of sp³-hybridized carbons (Fsp3) is 0.143. The lowest BCUT2D eigenvalue weighted by molar-refractivity contribution is -0.114. The van der Waals surface area contributed by atoms with Crippen molar-refractivity contribution in [3.8, 4) is 0 Å². The number of hydrogen-bond donors (Lipinski definition) is 3. The van der Waals surface area contributed by atoms with Gasteiger partial charge < -0.3 is 20.9 Å². The molecule has 8 nitrogen and oxygen atoms in total. The van der Waals surface area contributed by atoms with Gasteiger partial charge in [0.1, 0.15) is 11.5 Å². The Bertz CT molecular complexity index is 983. The Hall–Kier alpha value is -3.94. The molecule has 0 saturated heterocycles. The average molecular weight is 390 g/mol. The lowest BCUT2D eigenvalue weighted by Gasteiger charge is -2.13. The van der Waals surface area contributed by atoms with Crippen LogP contribution in [0.15, 0.2) is 60.9 Å². The third kappa shape index (κ3) is 5.52. The summed E-state index contributed by atoms with van der Waals surface area (Å²) in [7, 11) is 3.96. The standard InChI is InChI=1S/C21H22N6O2/c1-14(28)24-15-4-6-17(7-5-15)26-21(29)19-12-23-20(13-22-19)25-16-8-10-18(11-9-16)27(2)3/h4-13H,1-3H3,(H,23,25)(H,24,28)(H,26,29). The number of nitrogens with one attached hydrogen (secondary N) is 3. The minimum absolute atomic E-state index is 0.153. The van der Waals surface area contributed by atoms with Gasteiger partial charge >= 0.3 is 0 Å². The lowest BCUT2D eigenvalue weighted by atomic mass is 10.2. The number of rotatable bonds is 6. The van der Waals surface area contributed by atoms with Crippen LogP contribution in [-0.4, -0.2) is 35.9 Å². The maximum Gasteiger partial charge on any atom is 0.275 e. The molecule has 0 spiro atoms. The molecule has 0 radical (unpaired) electrons. The third-order valence-corrected chi connectivity index (χ3v) is 4.00. The number of amides is 2. The molecule has 2 aromatic carbocycles. The molecule has 0 fully saturated rings. The minimum Gasteiger partial charge on any atom is -0.378 e. The fourth-order valence-corrected chi connectivity index (χ4v) is 2.54. The monoisotopic (exact) mass is 390 g/mol. The summed E-state index contributed by atoms with van der Waals surface area (Å²) >= 11 is 0. The first-order valence-corrected chi connectivity index (χ1v) is 8.96. The molecule has 0 unspecified atom stereocenters. The van der Waals surface area contributed by atoms with E-state index in [1.807, 2.05) is 43.3 Å². The van der Waals surface area contributed by atoms with Crippen LogP contribution in [0.5, 0.6) is 0 Å². The van der Waals surface area contributed by atoms with Crippen LogP contribution in [-0.2, 0) is 4.79 Å². The van der Waals surface area contributed by atoms with Crippen LogP contribution < -0.4 is 20.9 Å². The SMILES string of the molecule is CC(=O)Nc1ccc(NC(=O)c2cnc(Nc3ccc(N(C)C)cc3)cn2)cc1. The van der Waals surface area contributed by atoms with Crippen molar-refractivity contribution in [1.82, 2.24) is 9.97 Å². The van der Waals surface area contributed by atoms with Gasteiger partial charge in [-0.25, -0.2) is 9.97 Å². The van der Waals surface area contributed by atoms with Gasteiger partial charge in [0, 0.05) is 43.8 Å². The molecule has 0 aliphatic rings. The van der Waals surface area contributed by atoms with Crippen molar-refractivity contribution in [2.75, 3.05) is 34.9 Å². The second-order valence-electron chi connectivity index (χ2n) is 6.57. The number of anilines is 5. The number of carbonyl (C=O) groups excluding carboxylic acids is 2. The molecule has 8 heteroatoms. The summed E-state index contributed by atoms with van der Waals surface area (Å²) in [5.41, 5.74) is 3.42. The topological polar surface area (TPSA) is 99.2 Å². The molecule has 0 bridgehead atoms. The van der Waals surface area contributed by atoms with Crippen molar-refractivity contribution >= 4 is 40.4 Å². The first-order chi connectivity index (χ1) is 13.9. The molecule has 148 valence electrons. The molecular formula is C21H22N6O2. The maximum atomic E-state index is 12.3. The zero-order chi connectivity index (χ0) is 20.8. The fourth-order valence-electron chi connectivity index (χ4n) is 2.54. The average Bonchev–Trinajstić information content (AvgIpc) is 2.70. The van der Waals surface area contributed by atoms with Gasteiger partial charge in [-0.1, -0.05) is 0 Å². The summed E-state index contributed by atoms with van der Waals surface area (Å²) in [5.74, 6) is 0.0184. The van der Waals surface area contributed by atoms with Crippen LogP contribution in [0.1, 0.15) is 17.4 Å². The molecule has 29 heavy (non-hydrogen) atoms. The van der Waals surface area contributed by atoms with Crippen LogP contribution in [0.3, 0.4) is 0 Å². The molecule has 1 heterocycles. The highest BCUT2D eigenvalue weighted by Gasteiger charge is 2.09. The van der Waals surface area contributed by atoms with Crippen molar-refractivity contribution in [2.45, 2.75) is 6.92 Å². The van der Waals surface area contributed by atoms with E-state index in [0.717, 1.165) is 11.4 Å². The largest absolute Gasteiger partial charge is 0.378 e. The zero-order valence-corrected chi connectivity index (χ0v) is 16.4. The van der Waals surface area contributed by atoms with Crippen LogP contribution in [0, 0.1) is 0 Å². The van der Waals surface area contributed by atoms with Gasteiger partial charge in [-0.2, -0.15) is 0 Å². The van der Waals surface area contributed by atoms with E-state index in [0.29, 0.717) is 17.2 Å². The number of hydrogen-bond acceptors (Lipinski definition) is 6. The normalized spacial score (nSPS) is 10.2. The van der Waals surface area contributed by atoms with E-state index < -0.39 is 0 Å². The van der Waals surface area contributed by atoms with Crippen LogP contribution >= 0.6 is 0 Å². The minimum atomic E-state index is -0.369. The third-order valence-electron chi connectivity index (χ3n) is 4.00. The highest BCUT2D eigenvalue weighted by molar-refractivity contribution is 6.02. The predicted molar refractivity (Wildman–Crippen MR) is 115 cm³/mol. The molecule has 3 N–H and O–H groups in total. The molecule has 3 rings (SSSR count). The van der Waals surface area contributed by atoms with Crippen molar-refractivity contribution in [3.05, 3.63) is 66.6 Å². The Morgan fingerprint density at radius 3 is 1.90 bits per heavy atom. The molecule has 0 aliphatic heterocycles. The smallest absolute Gasteiger partial charge is 0.275 e. The summed E-state index contributed by atoms with van der Waals surface area (Å²) in [6.45, 7) is 1.44. The van der Waals surface area contributed by atoms with Crippen LogP contribution in [0.25, 0.3) is 0 Å². The van der Waals surface area contributed by atoms with Crippen LogP contribution in [0.4, 0.5) is 28.6 Å². The lowest BCUT2D eigenvalue weighted by Crippen LogP contribution is -2.14. The van der Waals surface area contributed by atoms with Gasteiger partial charge in [0.25, 0.3) is 5.91 Å². The summed E-state index contributed by atoms with van der Waals surface area (Å²) < 4.78 is 0. The van der Waals surface area contributed by atoms with E-state index >= 15 is 0 Å². The molecule has 0 aliphatic carbocycles. The molecule has 3 aromatic rings. The van der Waals surface area contributed by atoms with Gasteiger partial charge in [0.05, 0.1) is 12.4 Å². The van der Waals surface area contributed by atoms with Gasteiger partial charge in [-0.05, 0) is 48.5 Å². The molecule has 1 aromatic heterocycles. The Morgan fingerprint density at radius 2 is 1.38 bits per heavy atom. The second kappa shape index (κ2) is 8.83. The number of carbonyl (C=O) groups is 2. The van der Waals surface area contributed by atoms with E-state index in [1.54, 1.807) is 24.3 Å². The molecule has 0 atom stereocenters. The highest BCUT2D eigenvalue weighted by atomic mass is 16.2. The first-order valence-electron chi connectivity index (χ1n) is 8.96. The van der Waals surface area contributed by atoms with E-state index in [1.165, 1.54) is 19.3 Å². The van der Waals surface area contributed by atoms with Gasteiger partial charge in [0.15, 0.2) is 0 Å². The zero-order valence-electron chi connectivity index (χ0n) is 16.4. The number of aromatic nitrogens is 2. The Kier molecular flexibility index (Phi) is 6.03. The van der Waals surface area contributed by atoms with E-state index in [9.17, 15) is 9.59 Å². The Labute approximate surface area is 169 Å². The quantitative estimate of drug-likeness (QED) is 0.596. The highest BCUT2D eigenvalue weighted by Crippen LogP contribution is 2.19. The summed E-state index contributed by atoms with van der Waals surface area (Å²) in [6, 6.07) is 14.7.